The van der Waals surface area contributed by atoms with E-state index in [-0.39, 0.29) is 15.6 Å². The molecule has 6 heteroatoms. The molecule has 0 rings (SSSR count). The molecule has 19 heavy (non-hydrogen) atoms. The minimum atomic E-state index is -2.46. The summed E-state index contributed by atoms with van der Waals surface area (Å²) in [5.74, 6) is 0.279. The van der Waals surface area contributed by atoms with Crippen LogP contribution in [-0.4, -0.2) is 26.6 Å². The summed E-state index contributed by atoms with van der Waals surface area (Å²) in [6.07, 6.45) is 3.58. The van der Waals surface area contributed by atoms with Gasteiger partial charge in [-0.3, -0.25) is 0 Å². The third-order valence-electron chi connectivity index (χ3n) is 3.51. The van der Waals surface area contributed by atoms with E-state index in [1.165, 1.54) is 0 Å². The average Bonchev–Trinajstić information content (AvgIpc) is 2.35. The minimum absolute atomic E-state index is 0.0555. The SMILES string of the molecule is CCC(C)CCCC(C(C(C)CC)=S(=O)=O)=S(=O)=O. The summed E-state index contributed by atoms with van der Waals surface area (Å²) in [4.78, 5) is 0.117. The molecule has 0 saturated carbocycles. The molecule has 4 nitrogen and oxygen atoms in total. The van der Waals surface area contributed by atoms with Gasteiger partial charge in [-0.1, -0.05) is 40.5 Å². The van der Waals surface area contributed by atoms with Crippen LogP contribution in [0.4, 0.5) is 0 Å². The van der Waals surface area contributed by atoms with E-state index in [2.05, 4.69) is 13.8 Å². The van der Waals surface area contributed by atoms with Gasteiger partial charge in [-0.2, -0.15) is 16.8 Å². The summed E-state index contributed by atoms with van der Waals surface area (Å²) in [7, 11) is -4.92. The summed E-state index contributed by atoms with van der Waals surface area (Å²) in [6, 6.07) is 0. The molecular formula is C13H24O4S2. The van der Waals surface area contributed by atoms with Gasteiger partial charge in [0.1, 0.15) is 0 Å². The Kier molecular flexibility index (Phi) is 9.01. The molecule has 0 spiro atoms. The molecule has 0 heterocycles. The van der Waals surface area contributed by atoms with Crippen molar-refractivity contribution >= 4 is 30.3 Å². The fourth-order valence-electron chi connectivity index (χ4n) is 1.82. The predicted molar refractivity (Wildman–Crippen MR) is 80.6 cm³/mol. The zero-order chi connectivity index (χ0) is 15.0. The molecular weight excluding hydrogens is 284 g/mol. The number of rotatable bonds is 8. The van der Waals surface area contributed by atoms with Crippen LogP contribution >= 0.6 is 0 Å². The van der Waals surface area contributed by atoms with E-state index in [0.717, 1.165) is 12.8 Å². The maximum Gasteiger partial charge on any atom is 0.218 e. The summed E-state index contributed by atoms with van der Waals surface area (Å²) in [6.45, 7) is 7.79. The Morgan fingerprint density at radius 1 is 0.947 bits per heavy atom. The van der Waals surface area contributed by atoms with Gasteiger partial charge in [0.2, 0.25) is 20.6 Å². The van der Waals surface area contributed by atoms with Crippen LogP contribution in [0.15, 0.2) is 0 Å². The van der Waals surface area contributed by atoms with Gasteiger partial charge in [0.05, 0.1) is 9.73 Å². The second kappa shape index (κ2) is 9.31. The van der Waals surface area contributed by atoms with Crippen molar-refractivity contribution in [3.63, 3.8) is 0 Å². The zero-order valence-electron chi connectivity index (χ0n) is 12.1. The molecule has 2 atom stereocenters. The summed E-state index contributed by atoms with van der Waals surface area (Å²) < 4.78 is 45.1. The summed E-state index contributed by atoms with van der Waals surface area (Å²) in [5, 5.41) is 0. The van der Waals surface area contributed by atoms with Crippen molar-refractivity contribution in [2.45, 2.75) is 59.8 Å². The van der Waals surface area contributed by atoms with Gasteiger partial charge in [0.15, 0.2) is 0 Å². The quantitative estimate of drug-likeness (QED) is 0.645. The second-order valence-electron chi connectivity index (χ2n) is 4.97. The van der Waals surface area contributed by atoms with Crippen LogP contribution < -0.4 is 0 Å². The molecule has 0 radical (unpaired) electrons. The Morgan fingerprint density at radius 2 is 1.53 bits per heavy atom. The lowest BCUT2D eigenvalue weighted by atomic mass is 9.96. The van der Waals surface area contributed by atoms with E-state index < -0.39 is 20.6 Å². The lowest BCUT2D eigenvalue weighted by Crippen LogP contribution is -2.23. The molecule has 0 saturated heterocycles. The molecule has 0 aliphatic rings. The van der Waals surface area contributed by atoms with Gasteiger partial charge in [0, 0.05) is 0 Å². The third-order valence-corrected chi connectivity index (χ3v) is 5.48. The average molecular weight is 308 g/mol. The van der Waals surface area contributed by atoms with E-state index in [1.54, 1.807) is 6.92 Å². The highest BCUT2D eigenvalue weighted by atomic mass is 32.2. The first-order valence-electron chi connectivity index (χ1n) is 6.76. The molecule has 0 bridgehead atoms. The maximum atomic E-state index is 11.3. The number of hydrogen-bond acceptors (Lipinski definition) is 4. The molecule has 112 valence electrons. The van der Waals surface area contributed by atoms with Crippen molar-refractivity contribution < 1.29 is 16.8 Å². The fraction of sp³-hybridized carbons (Fsp3) is 0.846. The molecule has 2 unspecified atom stereocenters. The molecule has 0 aromatic heterocycles. The van der Waals surface area contributed by atoms with Gasteiger partial charge in [0.25, 0.3) is 0 Å². The van der Waals surface area contributed by atoms with E-state index >= 15 is 0 Å². The van der Waals surface area contributed by atoms with Crippen LogP contribution in [0.3, 0.4) is 0 Å². The standard InChI is InChI=1S/C13H24O4S2/c1-5-10(3)8-7-9-12(18(14)15)13(19(16)17)11(4)6-2/h10-11H,5-9H2,1-4H3. The lowest BCUT2D eigenvalue weighted by Gasteiger charge is -2.11. The molecule has 0 fully saturated rings. The highest BCUT2D eigenvalue weighted by molar-refractivity contribution is 7.82. The highest BCUT2D eigenvalue weighted by Gasteiger charge is 2.19. The van der Waals surface area contributed by atoms with Crippen molar-refractivity contribution in [1.29, 1.82) is 0 Å². The Bertz CT molecular complexity index is 525. The predicted octanol–water partition coefficient (Wildman–Crippen LogP) is 2.35. The van der Waals surface area contributed by atoms with E-state index in [4.69, 9.17) is 0 Å². The normalized spacial score (nSPS) is 13.7. The van der Waals surface area contributed by atoms with Crippen molar-refractivity contribution in [1.82, 2.24) is 0 Å². The van der Waals surface area contributed by atoms with Crippen LogP contribution in [0, 0.1) is 11.8 Å². The first-order valence-corrected chi connectivity index (χ1v) is 8.91. The Balaban J connectivity index is 5.16. The van der Waals surface area contributed by atoms with Gasteiger partial charge in [-0.05, 0) is 31.1 Å². The second-order valence-corrected chi connectivity index (χ2v) is 6.84. The largest absolute Gasteiger partial charge is 0.218 e. The monoisotopic (exact) mass is 308 g/mol. The fourth-order valence-corrected chi connectivity index (χ4v) is 3.69. The van der Waals surface area contributed by atoms with Gasteiger partial charge >= 0.3 is 0 Å². The number of hydrogen-bond donors (Lipinski definition) is 0. The third kappa shape index (κ3) is 6.38. The van der Waals surface area contributed by atoms with Crippen LogP contribution in [0.1, 0.15) is 59.8 Å². The molecule has 0 aliphatic carbocycles. The Labute approximate surface area is 119 Å². The van der Waals surface area contributed by atoms with Crippen LogP contribution in [0.2, 0.25) is 0 Å². The molecule has 0 aromatic rings. The molecule has 0 amide bonds. The topological polar surface area (TPSA) is 68.3 Å². The van der Waals surface area contributed by atoms with E-state index in [9.17, 15) is 16.8 Å². The van der Waals surface area contributed by atoms with Gasteiger partial charge in [-0.25, -0.2) is 0 Å². The molecule has 0 aromatic carbocycles. The lowest BCUT2D eigenvalue weighted by molar-refractivity contribution is 0.502. The van der Waals surface area contributed by atoms with Gasteiger partial charge < -0.3 is 0 Å². The van der Waals surface area contributed by atoms with Crippen molar-refractivity contribution in [2.75, 3.05) is 0 Å². The molecule has 0 N–H and O–H groups in total. The Morgan fingerprint density at radius 3 is 1.89 bits per heavy atom. The maximum absolute atomic E-state index is 11.3. The van der Waals surface area contributed by atoms with Crippen LogP contribution in [0.25, 0.3) is 0 Å². The van der Waals surface area contributed by atoms with Crippen LogP contribution in [-0.2, 0) is 20.6 Å². The van der Waals surface area contributed by atoms with E-state index in [0.29, 0.717) is 25.2 Å². The van der Waals surface area contributed by atoms with Crippen molar-refractivity contribution in [3.05, 3.63) is 0 Å². The first-order chi connectivity index (χ1) is 8.84. The van der Waals surface area contributed by atoms with Gasteiger partial charge in [-0.15, -0.1) is 0 Å². The van der Waals surface area contributed by atoms with E-state index in [1.807, 2.05) is 6.92 Å². The van der Waals surface area contributed by atoms with Crippen molar-refractivity contribution in [3.8, 4) is 0 Å². The highest BCUT2D eigenvalue weighted by Crippen LogP contribution is 2.14. The smallest absolute Gasteiger partial charge is 0.184 e. The zero-order valence-corrected chi connectivity index (χ0v) is 13.8. The Hall–Kier alpha value is -0.620. The summed E-state index contributed by atoms with van der Waals surface area (Å²) >= 11 is 0. The minimum Gasteiger partial charge on any atom is -0.184 e. The first kappa shape index (κ1) is 18.4. The molecule has 0 aliphatic heterocycles. The van der Waals surface area contributed by atoms with Crippen molar-refractivity contribution in [2.24, 2.45) is 11.8 Å². The van der Waals surface area contributed by atoms with Crippen LogP contribution in [0.5, 0.6) is 0 Å². The summed E-state index contributed by atoms with van der Waals surface area (Å²) in [5.41, 5.74) is 0.